The minimum Gasteiger partial charge on any atom is -0.394 e. The smallest absolute Gasteiger partial charge is 0.295 e. The van der Waals surface area contributed by atoms with Gasteiger partial charge >= 0.3 is 0 Å². The lowest BCUT2D eigenvalue weighted by Gasteiger charge is -2.07. The molecule has 312 valence electrons. The third-order valence-corrected chi connectivity index (χ3v) is 10.0. The van der Waals surface area contributed by atoms with Crippen molar-refractivity contribution in [2.24, 2.45) is 30.0 Å². The summed E-state index contributed by atoms with van der Waals surface area (Å²) in [4.78, 5) is 42.3. The van der Waals surface area contributed by atoms with E-state index in [1.165, 1.54) is 36.4 Å². The molecular weight excluding hydrogens is 864 g/mol. The van der Waals surface area contributed by atoms with Gasteiger partial charge < -0.3 is 10.2 Å². The number of nitrogens with one attached hydrogen (secondary N) is 6. The largest absolute Gasteiger partial charge is 0.394 e. The number of aromatic nitrogens is 6. The van der Waals surface area contributed by atoms with Gasteiger partial charge in [-0.2, -0.15) is 16.8 Å². The molecule has 0 unspecified atom stereocenters. The molecule has 0 amide bonds. The molecule has 0 saturated carbocycles. The van der Waals surface area contributed by atoms with Crippen LogP contribution in [0.25, 0.3) is 12.2 Å². The molecule has 60 heavy (non-hydrogen) atoms. The van der Waals surface area contributed by atoms with Crippen LogP contribution < -0.4 is 33.7 Å². The molecule has 0 atom stereocenters. The first kappa shape index (κ1) is 43.3. The van der Waals surface area contributed by atoms with Crippen LogP contribution >= 0.6 is 23.2 Å². The number of halogens is 2. The normalized spacial score (nSPS) is 14.2. The van der Waals surface area contributed by atoms with Crippen LogP contribution in [0.5, 0.6) is 0 Å². The Balaban J connectivity index is 1.40. The minimum absolute atomic E-state index is 0.0351. The summed E-state index contributed by atoms with van der Waals surface area (Å²) in [6, 6.07) is 21.0. The lowest BCUT2D eigenvalue weighted by Crippen LogP contribution is -2.37. The van der Waals surface area contributed by atoms with Crippen molar-refractivity contribution in [3.05, 3.63) is 140 Å². The maximum Gasteiger partial charge on any atom is 0.295 e. The quantitative estimate of drug-likeness (QED) is 0.0641. The molecule has 0 aliphatic carbocycles. The molecule has 10 N–H and O–H groups in total. The summed E-state index contributed by atoms with van der Waals surface area (Å²) < 4.78 is 70.8. The van der Waals surface area contributed by atoms with E-state index < -0.39 is 30.0 Å². The maximum atomic E-state index is 12.6. The molecule has 0 radical (unpaired) electrons. The standard InChI is InChI=1S/C36H34Cl2N12O8S2/c37-23-3-1-5-25(17-23)41-33-45-31(39-13-15-51)47-35(49-33)43-27-11-9-21(29(19-27)59(53,54)55)7-8-22-10-12-28(20-30(22)60(56,57)58)44-36-48-32(40-14-16-52)46-34(50-36)42-26-6-2-4-24(38)18-26/h1-12,17-20,51-52H,13-16H2,(H,53,54,55)(H,56,57,58)(H3,39,41,43,45,47,49)(H3,40,42,44,46,48,50)/b8-7+. The highest BCUT2D eigenvalue weighted by Gasteiger charge is 2.18. The Morgan fingerprint density at radius 2 is 0.817 bits per heavy atom. The van der Waals surface area contributed by atoms with Crippen molar-refractivity contribution in [1.82, 2.24) is 29.9 Å². The highest BCUT2D eigenvalue weighted by Crippen LogP contribution is 2.27. The fourth-order valence-electron chi connectivity index (χ4n) is 5.26. The zero-order valence-corrected chi connectivity index (χ0v) is 33.9. The Morgan fingerprint density at radius 3 is 1.13 bits per heavy atom. The van der Waals surface area contributed by atoms with Gasteiger partial charge in [-0.3, -0.25) is 49.0 Å². The summed E-state index contributed by atoms with van der Waals surface area (Å²) in [5.41, 5.74) is 1.69. The van der Waals surface area contributed by atoms with Crippen LogP contribution in [-0.2, 0) is 20.2 Å². The second-order valence-corrected chi connectivity index (χ2v) is 15.8. The number of H-pyrrole nitrogens is 6. The molecule has 2 aromatic heterocycles. The number of benzene rings is 4. The van der Waals surface area contributed by atoms with Gasteiger partial charge in [0, 0.05) is 10.0 Å². The first-order valence-corrected chi connectivity index (χ1v) is 21.0. The van der Waals surface area contributed by atoms with E-state index in [1.807, 2.05) is 0 Å². The van der Waals surface area contributed by atoms with Gasteiger partial charge in [-0.15, -0.1) is 0 Å². The molecule has 0 bridgehead atoms. The van der Waals surface area contributed by atoms with E-state index in [0.29, 0.717) is 21.4 Å². The fourth-order valence-corrected chi connectivity index (χ4v) is 7.04. The highest BCUT2D eigenvalue weighted by atomic mass is 35.5. The first-order chi connectivity index (χ1) is 28.6. The number of aliphatic hydroxyl groups excluding tert-OH is 2. The summed E-state index contributed by atoms with van der Waals surface area (Å²) >= 11 is 12.2. The molecule has 0 saturated heterocycles. The van der Waals surface area contributed by atoms with Crippen LogP contribution in [0.3, 0.4) is 0 Å². The van der Waals surface area contributed by atoms with E-state index in [4.69, 9.17) is 23.2 Å². The van der Waals surface area contributed by atoms with Crippen LogP contribution in [0, 0.1) is 0 Å². The van der Waals surface area contributed by atoms with Gasteiger partial charge in [0.15, 0.2) is 0 Å². The van der Waals surface area contributed by atoms with Crippen LogP contribution in [0.1, 0.15) is 11.1 Å². The van der Waals surface area contributed by atoms with Crippen LogP contribution in [-0.4, -0.2) is 92.4 Å². The molecule has 4 aromatic carbocycles. The summed E-state index contributed by atoms with van der Waals surface area (Å²) in [5, 5.41) is 19.5. The molecular formula is C36H34Cl2N12O8S2. The summed E-state index contributed by atoms with van der Waals surface area (Å²) in [5.74, 6) is 0. The number of aromatic amines is 6. The summed E-state index contributed by atoms with van der Waals surface area (Å²) in [6.45, 7) is -0.422. The average Bonchev–Trinajstić information content (AvgIpc) is 3.18. The monoisotopic (exact) mass is 896 g/mol. The highest BCUT2D eigenvalue weighted by molar-refractivity contribution is 7.86. The Hall–Kier alpha value is -6.24. The van der Waals surface area contributed by atoms with E-state index in [1.54, 1.807) is 48.5 Å². The third-order valence-electron chi connectivity index (χ3n) is 7.73. The van der Waals surface area contributed by atoms with Crippen molar-refractivity contribution >= 4 is 78.3 Å². The Bertz CT molecular complexity index is 3040. The van der Waals surface area contributed by atoms with E-state index in [9.17, 15) is 36.2 Å². The Labute approximate surface area is 348 Å². The van der Waals surface area contributed by atoms with E-state index in [0.717, 1.165) is 12.1 Å². The molecule has 6 rings (SSSR count). The topological polar surface area (TPSA) is 318 Å². The van der Waals surface area contributed by atoms with Gasteiger partial charge in [0.05, 0.1) is 49.1 Å². The Kier molecular flexibility index (Phi) is 13.9. The molecule has 0 aliphatic rings. The van der Waals surface area contributed by atoms with Crippen molar-refractivity contribution in [2.75, 3.05) is 26.3 Å². The summed E-state index contributed by atoms with van der Waals surface area (Å²) in [6.07, 6.45) is 2.45. The van der Waals surface area contributed by atoms with E-state index >= 15 is 0 Å². The Morgan fingerprint density at radius 1 is 0.483 bits per heavy atom. The minimum atomic E-state index is -4.88. The van der Waals surface area contributed by atoms with Crippen LogP contribution in [0.2, 0.25) is 10.0 Å². The van der Waals surface area contributed by atoms with Gasteiger partial charge in [-0.1, -0.05) is 59.6 Å². The van der Waals surface area contributed by atoms with Crippen LogP contribution in [0.4, 0.5) is 22.7 Å². The lowest BCUT2D eigenvalue weighted by atomic mass is 10.1. The zero-order valence-electron chi connectivity index (χ0n) is 30.7. The second kappa shape index (κ2) is 19.2. The molecule has 0 aliphatic heterocycles. The molecule has 0 spiro atoms. The first-order valence-electron chi connectivity index (χ1n) is 17.3. The van der Waals surface area contributed by atoms with Crippen molar-refractivity contribution in [1.29, 1.82) is 0 Å². The van der Waals surface area contributed by atoms with Crippen molar-refractivity contribution in [2.45, 2.75) is 9.79 Å². The van der Waals surface area contributed by atoms with Gasteiger partial charge in [-0.05, 0) is 71.8 Å². The van der Waals surface area contributed by atoms with E-state index in [-0.39, 0.29) is 82.5 Å². The van der Waals surface area contributed by atoms with Gasteiger partial charge in [0.25, 0.3) is 20.2 Å². The SMILES string of the molecule is O=S(=O)(O)c1cc(N=c2[nH]c(=NCCO)[nH]c(=Nc3cccc(Cl)c3)[nH]2)ccc1/C=C/c1ccc(N=c2[nH]c(=NCCO)[nH]c(=Nc3cccc(Cl)c3)[nH]2)cc1S(=O)(=O)O. The summed E-state index contributed by atoms with van der Waals surface area (Å²) in [7, 11) is -9.77. The number of hydrogen-bond donors (Lipinski definition) is 10. The second-order valence-electron chi connectivity index (χ2n) is 12.2. The fraction of sp³-hybridized carbons (Fsp3) is 0.111. The van der Waals surface area contributed by atoms with Crippen molar-refractivity contribution < 1.29 is 36.2 Å². The number of rotatable bonds is 12. The molecule has 20 nitrogen and oxygen atoms in total. The maximum absolute atomic E-state index is 12.6. The number of aliphatic hydroxyl groups is 2. The van der Waals surface area contributed by atoms with Crippen LogP contribution in [0.15, 0.2) is 125 Å². The molecule has 6 aromatic rings. The molecule has 24 heteroatoms. The third kappa shape index (κ3) is 12.2. The van der Waals surface area contributed by atoms with Crippen molar-refractivity contribution in [3.8, 4) is 0 Å². The number of nitrogens with zero attached hydrogens (tertiary/aromatic N) is 6. The predicted molar refractivity (Wildman–Crippen MR) is 219 cm³/mol. The molecule has 0 fully saturated rings. The number of hydrogen-bond acceptors (Lipinski definition) is 12. The molecule has 2 heterocycles. The van der Waals surface area contributed by atoms with Crippen molar-refractivity contribution in [3.63, 3.8) is 0 Å². The lowest BCUT2D eigenvalue weighted by molar-refractivity contribution is 0.305. The van der Waals surface area contributed by atoms with Gasteiger partial charge in [0.1, 0.15) is 9.79 Å². The zero-order chi connectivity index (χ0) is 42.9. The predicted octanol–water partition coefficient (Wildman–Crippen LogP) is 2.34. The van der Waals surface area contributed by atoms with E-state index in [2.05, 4.69) is 59.9 Å². The van der Waals surface area contributed by atoms with Gasteiger partial charge in [-0.25, -0.2) is 20.0 Å². The van der Waals surface area contributed by atoms with Gasteiger partial charge in [0.2, 0.25) is 33.7 Å². The average molecular weight is 898 g/mol.